The first-order chi connectivity index (χ1) is 15.7. The number of hydrogen-bond acceptors (Lipinski definition) is 3. The molecule has 0 amide bonds. The van der Waals surface area contributed by atoms with Crippen molar-refractivity contribution in [2.24, 2.45) is 0 Å². The Morgan fingerprint density at radius 3 is 1.75 bits per heavy atom. The van der Waals surface area contributed by atoms with E-state index in [2.05, 4.69) is 0 Å². The van der Waals surface area contributed by atoms with E-state index in [4.69, 9.17) is 4.74 Å². The minimum absolute atomic E-state index is 0.00293. The molecule has 0 unspecified atom stereocenters. The Bertz CT molecular complexity index is 1180. The summed E-state index contributed by atoms with van der Waals surface area (Å²) < 4.78 is 5.86. The van der Waals surface area contributed by atoms with Crippen LogP contribution in [0, 0.1) is 0 Å². The fourth-order valence-corrected chi connectivity index (χ4v) is 3.62. The lowest BCUT2D eigenvalue weighted by Gasteiger charge is -2.10. The SMILES string of the molecule is O=C(c1ccccc1)c1ccc(OCCCc2ccccc2C(=O)c2ccccc2)cc1. The summed E-state index contributed by atoms with van der Waals surface area (Å²) in [7, 11) is 0. The van der Waals surface area contributed by atoms with Crippen molar-refractivity contribution < 1.29 is 14.3 Å². The van der Waals surface area contributed by atoms with Crippen molar-refractivity contribution in [3.63, 3.8) is 0 Å². The number of ketones is 2. The maximum absolute atomic E-state index is 12.9. The Hall–Kier alpha value is -3.98. The van der Waals surface area contributed by atoms with Gasteiger partial charge in [0.25, 0.3) is 0 Å². The second-order valence-corrected chi connectivity index (χ2v) is 7.52. The second-order valence-electron chi connectivity index (χ2n) is 7.52. The van der Waals surface area contributed by atoms with Crippen molar-refractivity contribution in [1.29, 1.82) is 0 Å². The quantitative estimate of drug-likeness (QED) is 0.241. The van der Waals surface area contributed by atoms with Gasteiger partial charge in [-0.3, -0.25) is 9.59 Å². The average Bonchev–Trinajstić information content (AvgIpc) is 2.87. The van der Waals surface area contributed by atoms with Gasteiger partial charge in [0, 0.05) is 22.3 Å². The molecule has 3 heteroatoms. The highest BCUT2D eigenvalue weighted by Crippen LogP contribution is 2.18. The molecule has 0 aromatic heterocycles. The molecule has 0 aliphatic carbocycles. The van der Waals surface area contributed by atoms with Gasteiger partial charge in [0.05, 0.1) is 6.61 Å². The van der Waals surface area contributed by atoms with E-state index in [1.165, 1.54) is 0 Å². The second kappa shape index (κ2) is 10.4. The lowest BCUT2D eigenvalue weighted by atomic mass is 9.96. The molecular formula is C29H24O3. The maximum Gasteiger partial charge on any atom is 0.193 e. The molecule has 0 bridgehead atoms. The van der Waals surface area contributed by atoms with Crippen LogP contribution in [0.3, 0.4) is 0 Å². The van der Waals surface area contributed by atoms with Crippen LogP contribution in [0.2, 0.25) is 0 Å². The van der Waals surface area contributed by atoms with Gasteiger partial charge in [-0.2, -0.15) is 0 Å². The minimum atomic E-state index is -0.00293. The summed E-state index contributed by atoms with van der Waals surface area (Å²) in [6, 6.07) is 33.5. The summed E-state index contributed by atoms with van der Waals surface area (Å²) in [6.07, 6.45) is 1.53. The first-order valence-corrected chi connectivity index (χ1v) is 10.7. The Morgan fingerprint density at radius 1 is 0.562 bits per heavy atom. The van der Waals surface area contributed by atoms with Gasteiger partial charge < -0.3 is 4.74 Å². The van der Waals surface area contributed by atoms with E-state index in [-0.39, 0.29) is 11.6 Å². The zero-order valence-electron chi connectivity index (χ0n) is 17.7. The Morgan fingerprint density at radius 2 is 1.09 bits per heavy atom. The third-order valence-corrected chi connectivity index (χ3v) is 5.31. The highest BCUT2D eigenvalue weighted by Gasteiger charge is 2.13. The number of carbonyl (C=O) groups excluding carboxylic acids is 2. The van der Waals surface area contributed by atoms with Crippen LogP contribution >= 0.6 is 0 Å². The molecule has 0 saturated heterocycles. The number of ether oxygens (including phenoxy) is 1. The molecule has 0 radical (unpaired) electrons. The molecule has 4 aromatic rings. The molecule has 0 aliphatic rings. The summed E-state index contributed by atoms with van der Waals surface area (Å²) in [6.45, 7) is 0.528. The summed E-state index contributed by atoms with van der Waals surface area (Å²) in [5.41, 5.74) is 3.76. The lowest BCUT2D eigenvalue weighted by Crippen LogP contribution is -2.07. The van der Waals surface area contributed by atoms with Crippen LogP contribution in [0.5, 0.6) is 5.75 Å². The van der Waals surface area contributed by atoms with Crippen molar-refractivity contribution in [3.8, 4) is 5.75 Å². The van der Waals surface area contributed by atoms with Crippen LogP contribution in [0.25, 0.3) is 0 Å². The molecule has 32 heavy (non-hydrogen) atoms. The van der Waals surface area contributed by atoms with E-state index in [1.807, 2.05) is 97.1 Å². The number of aryl methyl sites for hydroxylation is 1. The van der Waals surface area contributed by atoms with E-state index in [1.54, 1.807) is 12.1 Å². The van der Waals surface area contributed by atoms with Crippen molar-refractivity contribution in [3.05, 3.63) is 137 Å². The predicted molar refractivity (Wildman–Crippen MR) is 126 cm³/mol. The zero-order chi connectivity index (χ0) is 22.2. The molecule has 4 aromatic carbocycles. The van der Waals surface area contributed by atoms with Crippen LogP contribution in [0.15, 0.2) is 109 Å². The summed E-state index contributed by atoms with van der Waals surface area (Å²) >= 11 is 0. The molecule has 0 atom stereocenters. The van der Waals surface area contributed by atoms with E-state index in [0.29, 0.717) is 23.3 Å². The number of rotatable bonds is 9. The molecule has 158 valence electrons. The van der Waals surface area contributed by atoms with Gasteiger partial charge in [-0.1, -0.05) is 84.9 Å². The van der Waals surface area contributed by atoms with Gasteiger partial charge in [0.1, 0.15) is 5.75 Å². The molecule has 4 rings (SSSR count). The summed E-state index contributed by atoms with van der Waals surface area (Å²) in [4.78, 5) is 25.3. The molecule has 0 aliphatic heterocycles. The summed E-state index contributed by atoms with van der Waals surface area (Å²) in [5.74, 6) is 0.765. The smallest absolute Gasteiger partial charge is 0.193 e. The Labute approximate surface area is 188 Å². The third-order valence-electron chi connectivity index (χ3n) is 5.31. The summed E-state index contributed by atoms with van der Waals surface area (Å²) in [5, 5.41) is 0. The van der Waals surface area contributed by atoms with Gasteiger partial charge in [0.15, 0.2) is 11.6 Å². The third kappa shape index (κ3) is 5.19. The minimum Gasteiger partial charge on any atom is -0.494 e. The monoisotopic (exact) mass is 420 g/mol. The number of hydrogen-bond donors (Lipinski definition) is 0. The van der Waals surface area contributed by atoms with Crippen molar-refractivity contribution in [2.45, 2.75) is 12.8 Å². The highest BCUT2D eigenvalue weighted by atomic mass is 16.5. The van der Waals surface area contributed by atoms with Gasteiger partial charge in [0.2, 0.25) is 0 Å². The van der Waals surface area contributed by atoms with E-state index >= 15 is 0 Å². The molecule has 3 nitrogen and oxygen atoms in total. The topological polar surface area (TPSA) is 43.4 Å². The Balaban J connectivity index is 1.32. The first-order valence-electron chi connectivity index (χ1n) is 10.7. The van der Waals surface area contributed by atoms with Crippen molar-refractivity contribution >= 4 is 11.6 Å². The molecule has 0 saturated carbocycles. The molecular weight excluding hydrogens is 396 g/mol. The predicted octanol–water partition coefficient (Wildman–Crippen LogP) is 6.16. The number of benzene rings is 4. The van der Waals surface area contributed by atoms with Crippen molar-refractivity contribution in [1.82, 2.24) is 0 Å². The normalized spacial score (nSPS) is 10.5. The molecule has 0 heterocycles. The van der Waals surface area contributed by atoms with Gasteiger partial charge >= 0.3 is 0 Å². The molecule has 0 N–H and O–H groups in total. The Kier molecular flexibility index (Phi) is 6.88. The highest BCUT2D eigenvalue weighted by molar-refractivity contribution is 6.10. The zero-order valence-corrected chi connectivity index (χ0v) is 17.7. The van der Waals surface area contributed by atoms with E-state index in [0.717, 1.165) is 29.7 Å². The largest absolute Gasteiger partial charge is 0.494 e. The molecule has 0 fully saturated rings. The van der Waals surface area contributed by atoms with E-state index in [9.17, 15) is 9.59 Å². The van der Waals surface area contributed by atoms with Crippen LogP contribution in [-0.2, 0) is 6.42 Å². The van der Waals surface area contributed by atoms with Gasteiger partial charge in [-0.25, -0.2) is 0 Å². The van der Waals surface area contributed by atoms with Crippen molar-refractivity contribution in [2.75, 3.05) is 6.61 Å². The van der Waals surface area contributed by atoms with Crippen LogP contribution in [0.4, 0.5) is 0 Å². The number of carbonyl (C=O) groups is 2. The van der Waals surface area contributed by atoms with Gasteiger partial charge in [-0.05, 0) is 42.7 Å². The fourth-order valence-electron chi connectivity index (χ4n) is 3.62. The molecule has 0 spiro atoms. The van der Waals surface area contributed by atoms with Crippen LogP contribution < -0.4 is 4.74 Å². The maximum atomic E-state index is 12.9. The van der Waals surface area contributed by atoms with Crippen LogP contribution in [-0.4, -0.2) is 18.2 Å². The first kappa shape index (κ1) is 21.3. The van der Waals surface area contributed by atoms with Gasteiger partial charge in [-0.15, -0.1) is 0 Å². The van der Waals surface area contributed by atoms with Crippen LogP contribution in [0.1, 0.15) is 43.8 Å². The fraction of sp³-hybridized carbons (Fsp3) is 0.103. The average molecular weight is 421 g/mol. The van der Waals surface area contributed by atoms with E-state index < -0.39 is 0 Å². The standard InChI is InChI=1S/C29H24O3/c30-28(23-11-3-1-4-12-23)25-17-19-26(20-18-25)32-21-9-15-22-10-7-8-16-27(22)29(31)24-13-5-2-6-14-24/h1-8,10-14,16-20H,9,15,21H2. The lowest BCUT2D eigenvalue weighted by molar-refractivity contribution is 0.103.